The summed E-state index contributed by atoms with van der Waals surface area (Å²) in [6.45, 7) is 2.16. The molecule has 3 aromatic heterocycles. The lowest BCUT2D eigenvalue weighted by Gasteiger charge is -2.32. The number of carboxylic acids is 1. The molecule has 0 spiro atoms. The maximum absolute atomic E-state index is 13.8. The van der Waals surface area contributed by atoms with Crippen molar-refractivity contribution in [2.45, 2.75) is 44.4 Å². The molecule has 0 unspecified atom stereocenters. The van der Waals surface area contributed by atoms with Crippen LogP contribution in [-0.2, 0) is 0 Å². The lowest BCUT2D eigenvalue weighted by Crippen LogP contribution is -2.19. The average Bonchev–Trinajstić information content (AvgIpc) is 3.21. The van der Waals surface area contributed by atoms with Crippen molar-refractivity contribution in [2.24, 2.45) is 5.92 Å². The highest BCUT2D eigenvalue weighted by molar-refractivity contribution is 5.90. The molecule has 0 aliphatic heterocycles. The summed E-state index contributed by atoms with van der Waals surface area (Å²) in [5.74, 6) is 0.709. The van der Waals surface area contributed by atoms with Crippen molar-refractivity contribution >= 4 is 28.0 Å². The number of imidazole rings is 1. The lowest BCUT2D eigenvalue weighted by molar-refractivity contribution is 0.0696. The molecule has 4 aromatic rings. The van der Waals surface area contributed by atoms with E-state index >= 15 is 0 Å². The topological polar surface area (TPSA) is 91.8 Å². The summed E-state index contributed by atoms with van der Waals surface area (Å²) >= 11 is 0. The van der Waals surface area contributed by atoms with E-state index in [0.29, 0.717) is 23.0 Å². The monoisotopic (exact) mass is 418 g/mol. The Hall–Kier alpha value is -3.35. The van der Waals surface area contributed by atoms with Gasteiger partial charge in [0.2, 0.25) is 0 Å². The highest BCUT2D eigenvalue weighted by Gasteiger charge is 2.29. The van der Waals surface area contributed by atoms with Crippen LogP contribution in [0.4, 0.5) is 4.39 Å². The number of hydrogen-bond donors (Lipinski definition) is 2. The third kappa shape index (κ3) is 3.65. The summed E-state index contributed by atoms with van der Waals surface area (Å²) in [7, 11) is 0. The predicted octanol–water partition coefficient (Wildman–Crippen LogP) is 5.42. The Morgan fingerprint density at radius 2 is 1.97 bits per heavy atom. The minimum Gasteiger partial charge on any atom is -0.478 e. The van der Waals surface area contributed by atoms with Gasteiger partial charge in [0.05, 0.1) is 16.6 Å². The molecule has 1 aromatic carbocycles. The molecule has 1 aliphatic rings. The Balaban J connectivity index is 1.33. The SMILES string of the molecule is C[C@@H](c1nc2ncc(C(=O)O)cc2[nH]1)C1CCC(c2ccnc3ccc(F)cc23)CC1. The second-order valence-corrected chi connectivity index (χ2v) is 8.48. The van der Waals surface area contributed by atoms with Crippen LogP contribution in [0.5, 0.6) is 0 Å². The van der Waals surface area contributed by atoms with Crippen LogP contribution in [-0.4, -0.2) is 31.0 Å². The number of carbonyl (C=O) groups is 1. The van der Waals surface area contributed by atoms with Crippen LogP contribution in [0.15, 0.2) is 42.7 Å². The molecular weight excluding hydrogens is 395 g/mol. The zero-order valence-electron chi connectivity index (χ0n) is 17.2. The van der Waals surface area contributed by atoms with Crippen molar-refractivity contribution in [3.8, 4) is 0 Å². The Morgan fingerprint density at radius 1 is 1.16 bits per heavy atom. The Bertz CT molecular complexity index is 1280. The standard InChI is InChI=1S/C24H23FN4O2/c1-13(22-28-21-10-16(24(30)31)12-27-23(21)29-22)14-2-4-15(5-3-14)18-8-9-26-20-7-6-17(25)11-19(18)20/h6-15H,2-5H2,1H3,(H,30,31)(H,27,28,29)/t13-,14?,15?/m1/s1. The Morgan fingerprint density at radius 3 is 2.74 bits per heavy atom. The second kappa shape index (κ2) is 7.72. The van der Waals surface area contributed by atoms with Crippen molar-refractivity contribution in [2.75, 3.05) is 0 Å². The van der Waals surface area contributed by atoms with Crippen molar-refractivity contribution in [1.29, 1.82) is 0 Å². The van der Waals surface area contributed by atoms with E-state index in [0.717, 1.165) is 42.4 Å². The number of aromatic nitrogens is 4. The van der Waals surface area contributed by atoms with E-state index in [2.05, 4.69) is 26.9 Å². The fourth-order valence-electron chi connectivity index (χ4n) is 4.90. The molecule has 1 aliphatic carbocycles. The zero-order valence-corrected chi connectivity index (χ0v) is 17.2. The van der Waals surface area contributed by atoms with Gasteiger partial charge < -0.3 is 10.1 Å². The minimum absolute atomic E-state index is 0.150. The first-order valence-electron chi connectivity index (χ1n) is 10.6. The molecule has 3 heterocycles. The molecular formula is C24H23FN4O2. The normalized spacial score (nSPS) is 20.2. The number of nitrogens with zero attached hydrogens (tertiary/aromatic N) is 3. The van der Waals surface area contributed by atoms with E-state index < -0.39 is 5.97 Å². The third-order valence-corrected chi connectivity index (χ3v) is 6.69. The minimum atomic E-state index is -1.000. The van der Waals surface area contributed by atoms with Gasteiger partial charge in [0.25, 0.3) is 0 Å². The van der Waals surface area contributed by atoms with Gasteiger partial charge in [-0.3, -0.25) is 4.98 Å². The maximum atomic E-state index is 13.8. The number of halogens is 1. The molecule has 1 atom stereocenters. The van der Waals surface area contributed by atoms with Gasteiger partial charge in [0.15, 0.2) is 5.65 Å². The number of hydrogen-bond acceptors (Lipinski definition) is 4. The Kier molecular flexibility index (Phi) is 4.88. The zero-order chi connectivity index (χ0) is 21.5. The maximum Gasteiger partial charge on any atom is 0.337 e. The van der Waals surface area contributed by atoms with Gasteiger partial charge in [-0.1, -0.05) is 6.92 Å². The molecule has 5 rings (SSSR count). The van der Waals surface area contributed by atoms with Crippen LogP contribution in [0.2, 0.25) is 0 Å². The highest BCUT2D eigenvalue weighted by Crippen LogP contribution is 2.42. The van der Waals surface area contributed by atoms with Crippen LogP contribution in [0.1, 0.15) is 66.2 Å². The van der Waals surface area contributed by atoms with Gasteiger partial charge in [-0.2, -0.15) is 0 Å². The van der Waals surface area contributed by atoms with Crippen molar-refractivity contribution in [1.82, 2.24) is 19.9 Å². The summed E-state index contributed by atoms with van der Waals surface area (Å²) in [5, 5.41) is 10.1. The number of aromatic amines is 1. The van der Waals surface area contributed by atoms with E-state index in [1.54, 1.807) is 18.2 Å². The van der Waals surface area contributed by atoms with Crippen LogP contribution < -0.4 is 0 Å². The number of carboxylic acid groups (broad SMARTS) is 1. The van der Waals surface area contributed by atoms with E-state index in [4.69, 9.17) is 5.11 Å². The van der Waals surface area contributed by atoms with E-state index in [1.165, 1.54) is 17.8 Å². The van der Waals surface area contributed by atoms with Gasteiger partial charge >= 0.3 is 5.97 Å². The Labute approximate surface area is 178 Å². The number of nitrogens with one attached hydrogen (secondary N) is 1. The quantitative estimate of drug-likeness (QED) is 0.462. The van der Waals surface area contributed by atoms with Crippen LogP contribution in [0, 0.1) is 11.7 Å². The molecule has 0 radical (unpaired) electrons. The van der Waals surface area contributed by atoms with Gasteiger partial charge in [-0.05, 0) is 73.4 Å². The van der Waals surface area contributed by atoms with Gasteiger partial charge in [-0.25, -0.2) is 19.2 Å². The van der Waals surface area contributed by atoms with Gasteiger partial charge in [-0.15, -0.1) is 0 Å². The molecule has 7 heteroatoms. The molecule has 1 saturated carbocycles. The summed E-state index contributed by atoms with van der Waals surface area (Å²) in [6.07, 6.45) is 7.33. The molecule has 0 saturated heterocycles. The van der Waals surface area contributed by atoms with Crippen LogP contribution in [0.25, 0.3) is 22.1 Å². The molecule has 6 nitrogen and oxygen atoms in total. The summed E-state index contributed by atoms with van der Waals surface area (Å²) in [5.41, 5.74) is 3.37. The first-order valence-corrected chi connectivity index (χ1v) is 10.6. The first-order chi connectivity index (χ1) is 15.0. The fourth-order valence-corrected chi connectivity index (χ4v) is 4.90. The molecule has 31 heavy (non-hydrogen) atoms. The number of pyridine rings is 2. The predicted molar refractivity (Wildman–Crippen MR) is 116 cm³/mol. The van der Waals surface area contributed by atoms with Crippen molar-refractivity contribution < 1.29 is 14.3 Å². The number of fused-ring (bicyclic) bond motifs is 2. The van der Waals surface area contributed by atoms with Crippen LogP contribution in [0.3, 0.4) is 0 Å². The smallest absolute Gasteiger partial charge is 0.337 e. The van der Waals surface area contributed by atoms with Crippen LogP contribution >= 0.6 is 0 Å². The summed E-state index contributed by atoms with van der Waals surface area (Å²) in [4.78, 5) is 27.6. The van der Waals surface area contributed by atoms with Gasteiger partial charge in [0, 0.05) is 23.7 Å². The highest BCUT2D eigenvalue weighted by atomic mass is 19.1. The third-order valence-electron chi connectivity index (χ3n) is 6.69. The van der Waals surface area contributed by atoms with E-state index in [9.17, 15) is 9.18 Å². The largest absolute Gasteiger partial charge is 0.478 e. The van der Waals surface area contributed by atoms with E-state index in [-0.39, 0.29) is 17.3 Å². The molecule has 158 valence electrons. The summed E-state index contributed by atoms with van der Waals surface area (Å²) < 4.78 is 13.8. The van der Waals surface area contributed by atoms with Crippen molar-refractivity contribution in [3.05, 3.63) is 65.5 Å². The number of aromatic carboxylic acids is 1. The number of benzene rings is 1. The molecule has 1 fully saturated rings. The molecule has 0 bridgehead atoms. The number of H-pyrrole nitrogens is 1. The fraction of sp³-hybridized carbons (Fsp3) is 0.333. The summed E-state index contributed by atoms with van der Waals surface area (Å²) in [6, 6.07) is 8.41. The average molecular weight is 418 g/mol. The number of rotatable bonds is 4. The second-order valence-electron chi connectivity index (χ2n) is 8.48. The van der Waals surface area contributed by atoms with Crippen molar-refractivity contribution in [3.63, 3.8) is 0 Å². The lowest BCUT2D eigenvalue weighted by atomic mass is 9.73. The van der Waals surface area contributed by atoms with E-state index in [1.807, 2.05) is 12.3 Å². The molecule has 2 N–H and O–H groups in total. The molecule has 0 amide bonds. The van der Waals surface area contributed by atoms with Gasteiger partial charge in [0.1, 0.15) is 11.6 Å². The first kappa shape index (κ1) is 19.6.